The summed E-state index contributed by atoms with van der Waals surface area (Å²) in [6, 6.07) is 0. The molecule has 1 N–H and O–H groups in total. The van der Waals surface area contributed by atoms with Crippen molar-refractivity contribution in [2.24, 2.45) is 23.7 Å². The molecule has 3 fully saturated rings. The molecule has 5 atom stereocenters. The van der Waals surface area contributed by atoms with E-state index in [9.17, 15) is 9.90 Å². The zero-order valence-electron chi connectivity index (χ0n) is 9.45. The van der Waals surface area contributed by atoms with Crippen molar-refractivity contribution in [1.82, 2.24) is 0 Å². The van der Waals surface area contributed by atoms with E-state index in [-0.39, 0.29) is 17.9 Å². The third-order valence-corrected chi connectivity index (χ3v) is 5.02. The van der Waals surface area contributed by atoms with Crippen LogP contribution in [0.5, 0.6) is 0 Å². The quantitative estimate of drug-likeness (QED) is 0.707. The minimum absolute atomic E-state index is 0.0752. The van der Waals surface area contributed by atoms with E-state index >= 15 is 0 Å². The van der Waals surface area contributed by atoms with Crippen molar-refractivity contribution in [1.29, 1.82) is 0 Å². The number of Topliss-reactive ketones (excluding diaryl/α,β-unsaturated/α-hetero) is 1. The van der Waals surface area contributed by atoms with E-state index in [4.69, 9.17) is 11.6 Å². The largest absolute Gasteiger partial charge is 0.393 e. The number of allylic oxidation sites excluding steroid dienone is 2. The van der Waals surface area contributed by atoms with Crippen LogP contribution in [-0.4, -0.2) is 17.0 Å². The van der Waals surface area contributed by atoms with Crippen LogP contribution in [0.25, 0.3) is 0 Å². The average molecular weight is 241 g/mol. The first kappa shape index (κ1) is 10.8. The molecule has 0 aromatic rings. The summed E-state index contributed by atoms with van der Waals surface area (Å²) in [6.07, 6.45) is 3.11. The van der Waals surface area contributed by atoms with E-state index in [1.807, 2.05) is 6.92 Å². The second kappa shape index (κ2) is 3.58. The van der Waals surface area contributed by atoms with Gasteiger partial charge in [-0.15, -0.1) is 0 Å². The molecule has 3 aliphatic rings. The molecule has 3 rings (SSSR count). The Morgan fingerprint density at radius 3 is 2.62 bits per heavy atom. The van der Waals surface area contributed by atoms with E-state index in [1.165, 1.54) is 5.57 Å². The van der Waals surface area contributed by atoms with Crippen molar-refractivity contribution in [3.05, 3.63) is 10.6 Å². The zero-order chi connectivity index (χ0) is 11.4. The van der Waals surface area contributed by atoms with Crippen LogP contribution in [-0.2, 0) is 4.79 Å². The highest BCUT2D eigenvalue weighted by molar-refractivity contribution is 6.29. The molecule has 3 heteroatoms. The lowest BCUT2D eigenvalue weighted by Gasteiger charge is -2.36. The van der Waals surface area contributed by atoms with Crippen LogP contribution in [0, 0.1) is 23.7 Å². The van der Waals surface area contributed by atoms with E-state index in [2.05, 4.69) is 0 Å². The molecule has 0 radical (unpaired) electrons. The summed E-state index contributed by atoms with van der Waals surface area (Å²) in [5.74, 6) is 1.33. The van der Waals surface area contributed by atoms with Gasteiger partial charge in [0, 0.05) is 23.3 Å². The summed E-state index contributed by atoms with van der Waals surface area (Å²) in [6.45, 7) is 1.93. The van der Waals surface area contributed by atoms with Crippen molar-refractivity contribution in [3.63, 3.8) is 0 Å². The molecule has 0 aromatic heterocycles. The molecule has 0 aliphatic heterocycles. The monoisotopic (exact) mass is 240 g/mol. The standard InChI is InChI=1S/C13H17ClO2/c1-6(14)11-7-2-3-8(11)13-10(16)5-4-9(15)12(7)13/h7-9,12-13,15H,2-5H2,1H3/b11-6+/t7?,8?,9-,12+,13+/m0/s1. The Bertz CT molecular complexity index is 370. The molecule has 3 aliphatic carbocycles. The highest BCUT2D eigenvalue weighted by Gasteiger charge is 2.57. The Balaban J connectivity index is 2.04. The van der Waals surface area contributed by atoms with Crippen LogP contribution >= 0.6 is 11.6 Å². The van der Waals surface area contributed by atoms with Gasteiger partial charge in [-0.05, 0) is 43.6 Å². The van der Waals surface area contributed by atoms with Crippen LogP contribution in [0.1, 0.15) is 32.6 Å². The lowest BCUT2D eigenvalue weighted by atomic mass is 9.69. The van der Waals surface area contributed by atoms with Gasteiger partial charge in [-0.1, -0.05) is 11.6 Å². The Morgan fingerprint density at radius 2 is 2.00 bits per heavy atom. The van der Waals surface area contributed by atoms with E-state index in [1.54, 1.807) is 0 Å². The number of carbonyl (C=O) groups is 1. The van der Waals surface area contributed by atoms with Gasteiger partial charge < -0.3 is 5.11 Å². The lowest BCUT2D eigenvalue weighted by molar-refractivity contribution is -0.133. The summed E-state index contributed by atoms with van der Waals surface area (Å²) in [4.78, 5) is 12.0. The number of fused-ring (bicyclic) bond motifs is 5. The molecule has 88 valence electrons. The third-order valence-electron chi connectivity index (χ3n) is 4.80. The molecule has 2 unspecified atom stereocenters. The summed E-state index contributed by atoms with van der Waals surface area (Å²) >= 11 is 6.16. The summed E-state index contributed by atoms with van der Waals surface area (Å²) < 4.78 is 0. The molecule has 0 spiro atoms. The molecule has 2 bridgehead atoms. The molecular formula is C13H17ClO2. The van der Waals surface area contributed by atoms with Gasteiger partial charge in [-0.2, -0.15) is 0 Å². The van der Waals surface area contributed by atoms with Gasteiger partial charge in [0.1, 0.15) is 5.78 Å². The van der Waals surface area contributed by atoms with Crippen LogP contribution in [0.3, 0.4) is 0 Å². The Kier molecular flexibility index (Phi) is 2.41. The Hall–Kier alpha value is -0.340. The van der Waals surface area contributed by atoms with Crippen molar-refractivity contribution >= 4 is 17.4 Å². The van der Waals surface area contributed by atoms with Gasteiger partial charge in [0.2, 0.25) is 0 Å². The second-order valence-corrected chi connectivity index (χ2v) is 6.02. The van der Waals surface area contributed by atoms with Crippen LogP contribution < -0.4 is 0 Å². The average Bonchev–Trinajstić information content (AvgIpc) is 2.79. The number of hydrogen-bond donors (Lipinski definition) is 1. The number of halogens is 1. The smallest absolute Gasteiger partial charge is 0.137 e. The fourth-order valence-corrected chi connectivity index (χ4v) is 4.62. The van der Waals surface area contributed by atoms with E-state index in [0.29, 0.717) is 30.5 Å². The summed E-state index contributed by atoms with van der Waals surface area (Å²) in [5.41, 5.74) is 1.28. The second-order valence-electron chi connectivity index (χ2n) is 5.45. The molecule has 0 aromatic carbocycles. The number of ketones is 1. The Morgan fingerprint density at radius 1 is 1.31 bits per heavy atom. The molecular weight excluding hydrogens is 224 g/mol. The van der Waals surface area contributed by atoms with Crippen molar-refractivity contribution in [3.8, 4) is 0 Å². The molecule has 0 saturated heterocycles. The molecule has 0 heterocycles. The Labute approximate surface area is 101 Å². The summed E-state index contributed by atoms with van der Waals surface area (Å²) in [5, 5.41) is 11.0. The maximum Gasteiger partial charge on any atom is 0.137 e. The van der Waals surface area contributed by atoms with Gasteiger partial charge in [0.25, 0.3) is 0 Å². The van der Waals surface area contributed by atoms with Crippen molar-refractivity contribution < 1.29 is 9.90 Å². The van der Waals surface area contributed by atoms with Crippen LogP contribution in [0.2, 0.25) is 0 Å². The predicted molar refractivity (Wildman–Crippen MR) is 62.0 cm³/mol. The first-order valence-electron chi connectivity index (χ1n) is 6.18. The maximum absolute atomic E-state index is 12.0. The normalized spacial score (nSPS) is 49.4. The number of rotatable bonds is 0. The van der Waals surface area contributed by atoms with Gasteiger partial charge >= 0.3 is 0 Å². The van der Waals surface area contributed by atoms with Gasteiger partial charge in [-0.25, -0.2) is 0 Å². The third kappa shape index (κ3) is 1.26. The molecule has 2 nitrogen and oxygen atoms in total. The summed E-state index contributed by atoms with van der Waals surface area (Å²) in [7, 11) is 0. The highest BCUT2D eigenvalue weighted by atomic mass is 35.5. The van der Waals surface area contributed by atoms with Crippen molar-refractivity contribution in [2.45, 2.75) is 38.7 Å². The number of aliphatic hydroxyl groups is 1. The number of hydrogen-bond acceptors (Lipinski definition) is 2. The van der Waals surface area contributed by atoms with Gasteiger partial charge in [0.15, 0.2) is 0 Å². The number of carbonyl (C=O) groups excluding carboxylic acids is 1. The molecule has 0 amide bonds. The molecule has 3 saturated carbocycles. The first-order valence-corrected chi connectivity index (χ1v) is 6.56. The van der Waals surface area contributed by atoms with Crippen LogP contribution in [0.4, 0.5) is 0 Å². The van der Waals surface area contributed by atoms with Gasteiger partial charge in [0.05, 0.1) is 6.10 Å². The lowest BCUT2D eigenvalue weighted by Crippen LogP contribution is -2.41. The maximum atomic E-state index is 12.0. The highest BCUT2D eigenvalue weighted by Crippen LogP contribution is 2.60. The topological polar surface area (TPSA) is 37.3 Å². The van der Waals surface area contributed by atoms with E-state index < -0.39 is 0 Å². The fraction of sp³-hybridized carbons (Fsp3) is 0.769. The molecule has 16 heavy (non-hydrogen) atoms. The fourth-order valence-electron chi connectivity index (χ4n) is 4.34. The van der Waals surface area contributed by atoms with Crippen molar-refractivity contribution in [2.75, 3.05) is 0 Å². The predicted octanol–water partition coefficient (Wildman–Crippen LogP) is 2.50. The van der Waals surface area contributed by atoms with E-state index in [0.717, 1.165) is 17.9 Å². The minimum Gasteiger partial charge on any atom is -0.393 e. The van der Waals surface area contributed by atoms with Crippen LogP contribution in [0.15, 0.2) is 10.6 Å². The SMILES string of the molecule is C/C(Cl)=C1/C2CCC1[C@@H]1C(=O)CC[C@H](O)[C@@H]21. The minimum atomic E-state index is -0.288. The first-order chi connectivity index (χ1) is 7.61. The number of aliphatic hydroxyl groups excluding tert-OH is 1. The zero-order valence-corrected chi connectivity index (χ0v) is 10.2. The van der Waals surface area contributed by atoms with Gasteiger partial charge in [-0.3, -0.25) is 4.79 Å².